The minimum absolute atomic E-state index is 0. The highest BCUT2D eigenvalue weighted by Crippen LogP contribution is 2.33. The Balaban J connectivity index is 0.00000256. The average Bonchev–Trinajstić information content (AvgIpc) is 2.78. The molecule has 174 valence electrons. The van der Waals surface area contributed by atoms with Crippen LogP contribution < -0.4 is 10.5 Å². The fourth-order valence-corrected chi connectivity index (χ4v) is 4.14. The van der Waals surface area contributed by atoms with Gasteiger partial charge in [0.1, 0.15) is 12.4 Å². The molecule has 4 nitrogen and oxygen atoms in total. The van der Waals surface area contributed by atoms with E-state index in [1.807, 2.05) is 72.8 Å². The third-order valence-electron chi connectivity index (χ3n) is 4.84. The normalized spacial score (nSPS) is 10.8. The van der Waals surface area contributed by atoms with Crippen molar-refractivity contribution in [1.82, 2.24) is 0 Å². The third-order valence-corrected chi connectivity index (χ3v) is 6.17. The molecule has 3 aromatic rings. The van der Waals surface area contributed by atoms with E-state index < -0.39 is 5.54 Å². The van der Waals surface area contributed by atoms with Crippen LogP contribution in [0.2, 0.25) is 5.02 Å². The SMILES string of the molecule is Cl.Cl.NC(CO)(CO)CCc1ccc(Sc2cccc(OCc3ccccc3)c2)cc1Cl. The monoisotopic (exact) mass is 515 g/mol. The van der Waals surface area contributed by atoms with Crippen LogP contribution in [0.4, 0.5) is 0 Å². The summed E-state index contributed by atoms with van der Waals surface area (Å²) in [5, 5.41) is 19.3. The maximum atomic E-state index is 9.33. The maximum absolute atomic E-state index is 9.33. The fourth-order valence-electron chi connectivity index (χ4n) is 2.89. The molecule has 0 heterocycles. The molecule has 8 heteroatoms. The Morgan fingerprint density at radius 1 is 0.875 bits per heavy atom. The highest BCUT2D eigenvalue weighted by atomic mass is 35.5. The second-order valence-corrected chi connectivity index (χ2v) is 8.84. The molecule has 0 aliphatic carbocycles. The highest BCUT2D eigenvalue weighted by Gasteiger charge is 2.23. The van der Waals surface area contributed by atoms with Crippen LogP contribution >= 0.6 is 48.2 Å². The minimum Gasteiger partial charge on any atom is -0.489 e. The van der Waals surface area contributed by atoms with E-state index in [2.05, 4.69) is 0 Å². The smallest absolute Gasteiger partial charge is 0.120 e. The molecule has 0 amide bonds. The summed E-state index contributed by atoms with van der Waals surface area (Å²) in [5.74, 6) is 0.818. The Hall–Kier alpha value is -1.44. The van der Waals surface area contributed by atoms with Crippen LogP contribution in [0.25, 0.3) is 0 Å². The second-order valence-electron chi connectivity index (χ2n) is 7.28. The summed E-state index contributed by atoms with van der Waals surface area (Å²) in [4.78, 5) is 2.08. The van der Waals surface area contributed by atoms with Crippen molar-refractivity contribution in [2.45, 2.75) is 34.8 Å². The predicted molar refractivity (Wildman–Crippen MR) is 137 cm³/mol. The van der Waals surface area contributed by atoms with Gasteiger partial charge in [-0.1, -0.05) is 65.8 Å². The molecule has 0 saturated heterocycles. The van der Waals surface area contributed by atoms with Gasteiger partial charge in [-0.25, -0.2) is 0 Å². The Morgan fingerprint density at radius 2 is 1.56 bits per heavy atom. The Kier molecular flexibility index (Phi) is 12.5. The molecule has 0 saturated carbocycles. The molecule has 3 aromatic carbocycles. The fraction of sp³-hybridized carbons (Fsp3) is 0.250. The molecule has 4 N–H and O–H groups in total. The number of ether oxygens (including phenoxy) is 1. The predicted octanol–water partition coefficient (Wildman–Crippen LogP) is 5.53. The summed E-state index contributed by atoms with van der Waals surface area (Å²) in [6.07, 6.45) is 1.04. The van der Waals surface area contributed by atoms with E-state index in [0.717, 1.165) is 26.7 Å². The van der Waals surface area contributed by atoms with Gasteiger partial charge in [-0.2, -0.15) is 0 Å². The largest absolute Gasteiger partial charge is 0.489 e. The van der Waals surface area contributed by atoms with E-state index in [1.54, 1.807) is 11.8 Å². The van der Waals surface area contributed by atoms with E-state index >= 15 is 0 Å². The summed E-state index contributed by atoms with van der Waals surface area (Å²) in [7, 11) is 0. The molecular weight excluding hydrogens is 489 g/mol. The standard InChI is InChI=1S/C24H26ClNO3S.2ClH/c25-23-14-22(10-9-19(23)11-12-24(26,16-27)17-28)30-21-8-4-7-20(13-21)29-15-18-5-2-1-3-6-18;;/h1-10,13-14,27-28H,11-12,15-17,26H2;2*1H. The zero-order valence-electron chi connectivity index (χ0n) is 17.4. The van der Waals surface area contributed by atoms with E-state index in [4.69, 9.17) is 22.1 Å². The van der Waals surface area contributed by atoms with Gasteiger partial charge in [0.2, 0.25) is 0 Å². The van der Waals surface area contributed by atoms with Gasteiger partial charge < -0.3 is 20.7 Å². The van der Waals surface area contributed by atoms with Crippen LogP contribution in [0.15, 0.2) is 82.6 Å². The van der Waals surface area contributed by atoms with Gasteiger partial charge in [0.15, 0.2) is 0 Å². The van der Waals surface area contributed by atoms with Crippen molar-refractivity contribution in [3.8, 4) is 5.75 Å². The first-order chi connectivity index (χ1) is 14.5. The van der Waals surface area contributed by atoms with Crippen LogP contribution in [-0.2, 0) is 13.0 Å². The number of halogens is 3. The molecule has 0 radical (unpaired) electrons. The number of hydrogen-bond donors (Lipinski definition) is 3. The Labute approximate surface area is 211 Å². The molecule has 0 spiro atoms. The Bertz CT molecular complexity index is 956. The molecule has 32 heavy (non-hydrogen) atoms. The zero-order valence-corrected chi connectivity index (χ0v) is 20.7. The zero-order chi connectivity index (χ0) is 21.4. The van der Waals surface area contributed by atoms with Gasteiger partial charge in [0, 0.05) is 14.8 Å². The third kappa shape index (κ3) is 8.49. The number of nitrogens with two attached hydrogens (primary N) is 1. The van der Waals surface area contributed by atoms with E-state index in [9.17, 15) is 10.2 Å². The van der Waals surface area contributed by atoms with Gasteiger partial charge in [0.05, 0.1) is 18.8 Å². The second kappa shape index (κ2) is 14.0. The van der Waals surface area contributed by atoms with Crippen molar-refractivity contribution in [2.24, 2.45) is 5.73 Å². The van der Waals surface area contributed by atoms with Crippen LogP contribution in [0, 0.1) is 0 Å². The minimum atomic E-state index is -0.989. The van der Waals surface area contributed by atoms with Crippen LogP contribution in [-0.4, -0.2) is 29.0 Å². The first-order valence-electron chi connectivity index (χ1n) is 9.75. The maximum Gasteiger partial charge on any atom is 0.120 e. The number of hydrogen-bond acceptors (Lipinski definition) is 5. The first kappa shape index (κ1) is 28.6. The molecule has 0 fully saturated rings. The van der Waals surface area contributed by atoms with Crippen molar-refractivity contribution in [2.75, 3.05) is 13.2 Å². The van der Waals surface area contributed by atoms with Crippen molar-refractivity contribution >= 4 is 48.2 Å². The molecule has 0 aliphatic heterocycles. The lowest BCUT2D eigenvalue weighted by Crippen LogP contribution is -2.47. The quantitative estimate of drug-likeness (QED) is 0.330. The highest BCUT2D eigenvalue weighted by molar-refractivity contribution is 7.99. The molecule has 0 bridgehead atoms. The number of aliphatic hydroxyl groups excluding tert-OH is 2. The van der Waals surface area contributed by atoms with E-state index in [1.165, 1.54) is 0 Å². The summed E-state index contributed by atoms with van der Waals surface area (Å²) in [6, 6.07) is 23.9. The van der Waals surface area contributed by atoms with Crippen molar-refractivity contribution < 1.29 is 14.9 Å². The Morgan fingerprint density at radius 3 is 2.22 bits per heavy atom. The number of benzene rings is 3. The van der Waals surface area contributed by atoms with Crippen molar-refractivity contribution in [3.05, 3.63) is 88.9 Å². The van der Waals surface area contributed by atoms with Crippen LogP contribution in [0.3, 0.4) is 0 Å². The topological polar surface area (TPSA) is 75.7 Å². The molecule has 0 atom stereocenters. The van der Waals surface area contributed by atoms with Gasteiger partial charge in [-0.05, 0) is 54.3 Å². The molecular formula is C24H28Cl3NO3S. The van der Waals surface area contributed by atoms with Gasteiger partial charge >= 0.3 is 0 Å². The average molecular weight is 517 g/mol. The van der Waals surface area contributed by atoms with Gasteiger partial charge in [0.25, 0.3) is 0 Å². The lowest BCUT2D eigenvalue weighted by Gasteiger charge is -2.24. The summed E-state index contributed by atoms with van der Waals surface area (Å²) in [6.45, 7) is -0.00469. The lowest BCUT2D eigenvalue weighted by molar-refractivity contribution is 0.115. The molecule has 3 rings (SSSR count). The number of rotatable bonds is 10. The number of aryl methyl sites for hydroxylation is 1. The van der Waals surface area contributed by atoms with Crippen LogP contribution in [0.1, 0.15) is 17.5 Å². The molecule has 0 unspecified atom stereocenters. The number of aliphatic hydroxyl groups is 2. The van der Waals surface area contributed by atoms with Crippen molar-refractivity contribution in [1.29, 1.82) is 0 Å². The molecule has 0 aromatic heterocycles. The molecule has 0 aliphatic rings. The summed E-state index contributed by atoms with van der Waals surface area (Å²) in [5.41, 5.74) is 7.02. The van der Waals surface area contributed by atoms with E-state index in [0.29, 0.717) is 24.5 Å². The lowest BCUT2D eigenvalue weighted by atomic mass is 9.94. The summed E-state index contributed by atoms with van der Waals surface area (Å²) < 4.78 is 5.91. The first-order valence-corrected chi connectivity index (χ1v) is 10.9. The van der Waals surface area contributed by atoms with E-state index in [-0.39, 0.29) is 38.0 Å². The summed E-state index contributed by atoms with van der Waals surface area (Å²) >= 11 is 8.07. The van der Waals surface area contributed by atoms with Crippen LogP contribution in [0.5, 0.6) is 5.75 Å². The van der Waals surface area contributed by atoms with Gasteiger partial charge in [-0.3, -0.25) is 0 Å². The van der Waals surface area contributed by atoms with Gasteiger partial charge in [-0.15, -0.1) is 24.8 Å². The van der Waals surface area contributed by atoms with Crippen molar-refractivity contribution in [3.63, 3.8) is 0 Å².